The number of nitrogens with zero attached hydrogens (tertiary/aromatic N) is 1. The lowest BCUT2D eigenvalue weighted by Gasteiger charge is -2.26. The molecule has 2 rings (SSSR count). The number of hydrogen-bond acceptors (Lipinski definition) is 3. The predicted octanol–water partition coefficient (Wildman–Crippen LogP) is 4.21. The quantitative estimate of drug-likeness (QED) is 0.756. The number of carbonyl (C=O) groups is 1. The fourth-order valence-electron chi connectivity index (χ4n) is 2.53. The average molecular weight is 380 g/mol. The van der Waals surface area contributed by atoms with Crippen molar-refractivity contribution in [1.82, 2.24) is 10.2 Å². The molecular weight excluding hydrogens is 357 g/mol. The van der Waals surface area contributed by atoms with E-state index in [9.17, 15) is 4.79 Å². The highest BCUT2D eigenvalue weighted by Crippen LogP contribution is 2.22. The van der Waals surface area contributed by atoms with Crippen LogP contribution in [0.3, 0.4) is 0 Å². The topological polar surface area (TPSA) is 44.4 Å². The summed E-state index contributed by atoms with van der Waals surface area (Å²) in [6, 6.07) is 15.0. The van der Waals surface area contributed by atoms with Crippen LogP contribution < -0.4 is 10.6 Å². The molecular formula is C19H23Cl2N3O. The minimum absolute atomic E-state index is 0.135. The van der Waals surface area contributed by atoms with E-state index in [0.717, 1.165) is 0 Å². The van der Waals surface area contributed by atoms with Gasteiger partial charge in [-0.15, -0.1) is 0 Å². The van der Waals surface area contributed by atoms with Gasteiger partial charge in [0.05, 0.1) is 6.04 Å². The fraction of sp³-hybridized carbons (Fsp3) is 0.316. The van der Waals surface area contributed by atoms with Crippen LogP contribution in [-0.4, -0.2) is 37.5 Å². The lowest BCUT2D eigenvalue weighted by Crippen LogP contribution is -2.42. The van der Waals surface area contributed by atoms with Gasteiger partial charge in [0.25, 0.3) is 0 Å². The molecule has 2 aromatic rings. The van der Waals surface area contributed by atoms with Gasteiger partial charge in [-0.3, -0.25) is 4.79 Å². The highest BCUT2D eigenvalue weighted by Gasteiger charge is 2.18. The Bertz CT molecular complexity index is 687. The molecule has 0 fully saturated rings. The molecule has 0 saturated heterocycles. The Labute approximate surface area is 159 Å². The van der Waals surface area contributed by atoms with Crippen molar-refractivity contribution >= 4 is 34.8 Å². The Balaban J connectivity index is 1.95. The molecule has 0 aliphatic heterocycles. The Morgan fingerprint density at radius 3 is 2.24 bits per heavy atom. The number of benzene rings is 2. The maximum Gasteiger partial charge on any atom is 0.241 e. The molecule has 2 unspecified atom stereocenters. The monoisotopic (exact) mass is 379 g/mol. The Hall–Kier alpha value is -1.59. The van der Waals surface area contributed by atoms with Gasteiger partial charge in [-0.05, 0) is 44.8 Å². The molecule has 0 saturated carbocycles. The molecule has 2 N–H and O–H groups in total. The van der Waals surface area contributed by atoms with Crippen molar-refractivity contribution in [1.29, 1.82) is 0 Å². The second-order valence-electron chi connectivity index (χ2n) is 6.17. The smallest absolute Gasteiger partial charge is 0.241 e. The third-order valence-electron chi connectivity index (χ3n) is 3.95. The van der Waals surface area contributed by atoms with E-state index in [-0.39, 0.29) is 18.0 Å². The Morgan fingerprint density at radius 2 is 1.68 bits per heavy atom. The molecule has 2 aromatic carbocycles. The summed E-state index contributed by atoms with van der Waals surface area (Å²) in [5, 5.41) is 7.10. The largest absolute Gasteiger partial charge is 0.325 e. The van der Waals surface area contributed by atoms with E-state index >= 15 is 0 Å². The SMILES string of the molecule is CC(NCC(c1ccccc1)N(C)C)C(=O)Nc1cc(Cl)cc(Cl)c1. The summed E-state index contributed by atoms with van der Waals surface area (Å²) in [6.45, 7) is 2.49. The van der Waals surface area contributed by atoms with E-state index < -0.39 is 0 Å². The number of amides is 1. The Morgan fingerprint density at radius 1 is 1.08 bits per heavy atom. The van der Waals surface area contributed by atoms with Crippen LogP contribution in [0.2, 0.25) is 10.0 Å². The van der Waals surface area contributed by atoms with Gasteiger partial charge >= 0.3 is 0 Å². The van der Waals surface area contributed by atoms with Gasteiger partial charge in [0.15, 0.2) is 0 Å². The zero-order chi connectivity index (χ0) is 18.4. The molecule has 1 amide bonds. The second kappa shape index (κ2) is 9.20. The van der Waals surface area contributed by atoms with E-state index in [0.29, 0.717) is 22.3 Å². The van der Waals surface area contributed by atoms with Crippen LogP contribution in [0.1, 0.15) is 18.5 Å². The van der Waals surface area contributed by atoms with Crippen LogP contribution in [0, 0.1) is 0 Å². The highest BCUT2D eigenvalue weighted by molar-refractivity contribution is 6.35. The van der Waals surface area contributed by atoms with Crippen LogP contribution in [0.4, 0.5) is 5.69 Å². The van der Waals surface area contributed by atoms with Crippen molar-refractivity contribution in [2.24, 2.45) is 0 Å². The molecule has 6 heteroatoms. The molecule has 0 radical (unpaired) electrons. The molecule has 0 spiro atoms. The van der Waals surface area contributed by atoms with Gasteiger partial charge < -0.3 is 15.5 Å². The number of carbonyl (C=O) groups excluding carboxylic acids is 1. The minimum atomic E-state index is -0.357. The van der Waals surface area contributed by atoms with Crippen LogP contribution in [0.25, 0.3) is 0 Å². The molecule has 0 aliphatic carbocycles. The molecule has 0 aromatic heterocycles. The van der Waals surface area contributed by atoms with Crippen LogP contribution in [0.15, 0.2) is 48.5 Å². The van der Waals surface area contributed by atoms with Crippen LogP contribution >= 0.6 is 23.2 Å². The Kier molecular flexibility index (Phi) is 7.26. The molecule has 134 valence electrons. The summed E-state index contributed by atoms with van der Waals surface area (Å²) < 4.78 is 0. The molecule has 4 nitrogen and oxygen atoms in total. The van der Waals surface area contributed by atoms with Gasteiger partial charge in [0.1, 0.15) is 0 Å². The first kappa shape index (κ1) is 19.7. The molecule has 0 bridgehead atoms. The van der Waals surface area contributed by atoms with Crippen LogP contribution in [0.5, 0.6) is 0 Å². The van der Waals surface area contributed by atoms with Crippen molar-refractivity contribution < 1.29 is 4.79 Å². The van der Waals surface area contributed by atoms with Gasteiger partial charge in [0.2, 0.25) is 5.91 Å². The van der Waals surface area contributed by atoms with Crippen molar-refractivity contribution in [3.63, 3.8) is 0 Å². The van der Waals surface area contributed by atoms with Crippen molar-refractivity contribution in [2.45, 2.75) is 19.0 Å². The number of rotatable bonds is 7. The minimum Gasteiger partial charge on any atom is -0.325 e. The lowest BCUT2D eigenvalue weighted by molar-refractivity contribution is -0.117. The van der Waals surface area contributed by atoms with Gasteiger partial charge in [-0.2, -0.15) is 0 Å². The first-order valence-corrected chi connectivity index (χ1v) is 8.84. The third-order valence-corrected chi connectivity index (χ3v) is 4.38. The standard InChI is InChI=1S/C19H23Cl2N3O/c1-13(19(25)23-17-10-15(20)9-16(21)11-17)22-12-18(24(2)3)14-7-5-4-6-8-14/h4-11,13,18,22H,12H2,1-3H3,(H,23,25). The molecule has 2 atom stereocenters. The normalized spacial score (nSPS) is 13.5. The fourth-order valence-corrected chi connectivity index (χ4v) is 3.06. The summed E-state index contributed by atoms with van der Waals surface area (Å²) in [7, 11) is 4.05. The van der Waals surface area contributed by atoms with E-state index in [1.807, 2.05) is 39.2 Å². The predicted molar refractivity (Wildman–Crippen MR) is 105 cm³/mol. The molecule has 25 heavy (non-hydrogen) atoms. The summed E-state index contributed by atoms with van der Waals surface area (Å²) in [5.74, 6) is -0.135. The summed E-state index contributed by atoms with van der Waals surface area (Å²) in [5.41, 5.74) is 1.79. The summed E-state index contributed by atoms with van der Waals surface area (Å²) >= 11 is 11.9. The number of halogens is 2. The van der Waals surface area contributed by atoms with Crippen molar-refractivity contribution in [3.05, 3.63) is 64.1 Å². The van der Waals surface area contributed by atoms with E-state index in [1.165, 1.54) is 5.56 Å². The van der Waals surface area contributed by atoms with E-state index in [4.69, 9.17) is 23.2 Å². The number of hydrogen-bond donors (Lipinski definition) is 2. The first-order valence-electron chi connectivity index (χ1n) is 8.08. The third kappa shape index (κ3) is 6.01. The number of anilines is 1. The number of nitrogens with one attached hydrogen (secondary N) is 2. The summed E-state index contributed by atoms with van der Waals surface area (Å²) in [6.07, 6.45) is 0. The van der Waals surface area contributed by atoms with Gasteiger partial charge in [-0.25, -0.2) is 0 Å². The first-order chi connectivity index (χ1) is 11.9. The van der Waals surface area contributed by atoms with E-state index in [1.54, 1.807) is 18.2 Å². The zero-order valence-electron chi connectivity index (χ0n) is 14.6. The zero-order valence-corrected chi connectivity index (χ0v) is 16.1. The number of likely N-dealkylation sites (N-methyl/N-ethyl adjacent to an activating group) is 1. The van der Waals surface area contributed by atoms with Crippen LogP contribution in [-0.2, 0) is 4.79 Å². The lowest BCUT2D eigenvalue weighted by atomic mass is 10.1. The van der Waals surface area contributed by atoms with Gasteiger partial charge in [-0.1, -0.05) is 53.5 Å². The average Bonchev–Trinajstić information content (AvgIpc) is 2.54. The molecule has 0 aliphatic rings. The van der Waals surface area contributed by atoms with E-state index in [2.05, 4.69) is 27.7 Å². The molecule has 0 heterocycles. The van der Waals surface area contributed by atoms with Crippen molar-refractivity contribution in [3.8, 4) is 0 Å². The van der Waals surface area contributed by atoms with Gasteiger partial charge in [0, 0.05) is 28.3 Å². The summed E-state index contributed by atoms with van der Waals surface area (Å²) in [4.78, 5) is 14.5. The highest BCUT2D eigenvalue weighted by atomic mass is 35.5. The maximum atomic E-state index is 12.4. The maximum absolute atomic E-state index is 12.4. The second-order valence-corrected chi connectivity index (χ2v) is 7.04. The van der Waals surface area contributed by atoms with Crippen molar-refractivity contribution in [2.75, 3.05) is 26.0 Å².